The van der Waals surface area contributed by atoms with Gasteiger partial charge in [-0.15, -0.1) is 0 Å². The Hall–Kier alpha value is -4.98. The zero-order chi connectivity index (χ0) is 26.6. The number of hydrogen-bond donors (Lipinski definition) is 1. The van der Waals surface area contributed by atoms with Gasteiger partial charge in [-0.3, -0.25) is 18.8 Å². The zero-order valence-corrected chi connectivity index (χ0v) is 19.5. The maximum atomic E-state index is 14.7. The third-order valence-corrected chi connectivity index (χ3v) is 6.61. The number of alkyl halides is 3. The molecule has 0 aliphatic rings. The van der Waals surface area contributed by atoms with Crippen LogP contribution >= 0.6 is 0 Å². The Bertz CT molecular complexity index is 1930. The van der Waals surface area contributed by atoms with Crippen molar-refractivity contribution in [1.82, 2.24) is 4.40 Å². The summed E-state index contributed by atoms with van der Waals surface area (Å²) in [5, 5.41) is 2.49. The lowest BCUT2D eigenvalue weighted by Crippen LogP contribution is -2.25. The molecular weight excluding hydrogens is 493 g/mol. The Kier molecular flexibility index (Phi) is 5.27. The van der Waals surface area contributed by atoms with Crippen LogP contribution in [0.15, 0.2) is 102 Å². The summed E-state index contributed by atoms with van der Waals surface area (Å²) in [5.74, 6) is -1.31. The third-order valence-electron chi connectivity index (χ3n) is 6.61. The summed E-state index contributed by atoms with van der Waals surface area (Å²) in [6.45, 7) is 0. The third kappa shape index (κ3) is 3.53. The highest BCUT2D eigenvalue weighted by atomic mass is 19.4. The molecule has 8 heteroatoms. The minimum Gasteiger partial charge on any atom is -0.321 e. The van der Waals surface area contributed by atoms with Crippen molar-refractivity contribution in [2.45, 2.75) is 6.18 Å². The minimum atomic E-state index is -4.86. The molecule has 4 aromatic carbocycles. The fraction of sp³-hybridized carbons (Fsp3) is 0.0333. The molecule has 0 spiro atoms. The number of carbonyl (C=O) groups is 2. The Balaban J connectivity index is 1.74. The second-order valence-electron chi connectivity index (χ2n) is 8.81. The van der Waals surface area contributed by atoms with Gasteiger partial charge in [0.1, 0.15) is 0 Å². The fourth-order valence-corrected chi connectivity index (χ4v) is 5.02. The Morgan fingerprint density at radius 1 is 0.711 bits per heavy atom. The SMILES string of the molecule is O=C(Nc1c(C(F)(F)F)c2cccc3c(C(=O)c4ccccc4)c(=O)n4cccc1c4c23)c1ccccc1. The van der Waals surface area contributed by atoms with Crippen LogP contribution in [0, 0.1) is 0 Å². The van der Waals surface area contributed by atoms with Crippen molar-refractivity contribution in [3.8, 4) is 0 Å². The van der Waals surface area contributed by atoms with Crippen LogP contribution in [0.3, 0.4) is 0 Å². The van der Waals surface area contributed by atoms with Crippen LogP contribution in [0.4, 0.5) is 18.9 Å². The number of pyridine rings is 2. The first kappa shape index (κ1) is 23.4. The van der Waals surface area contributed by atoms with Crippen LogP contribution in [-0.4, -0.2) is 16.1 Å². The molecule has 1 N–H and O–H groups in total. The Morgan fingerprint density at radius 3 is 1.97 bits per heavy atom. The predicted octanol–water partition coefficient (Wildman–Crippen LogP) is 6.55. The molecule has 0 saturated carbocycles. The van der Waals surface area contributed by atoms with Gasteiger partial charge >= 0.3 is 6.18 Å². The number of anilines is 1. The molecule has 5 nitrogen and oxygen atoms in total. The maximum Gasteiger partial charge on any atom is 0.419 e. The van der Waals surface area contributed by atoms with E-state index in [0.29, 0.717) is 0 Å². The highest BCUT2D eigenvalue weighted by Gasteiger charge is 2.39. The standard InChI is InChI=1S/C30H17F3N2O3/c31-30(32,33)24-20-14-7-13-19-22(20)26-21(25(24)34-28(37)18-11-5-2-6-12-18)15-8-16-35(26)29(38)23(19)27(36)17-9-3-1-4-10-17/h1-16H,(H,34,37). The molecule has 0 fully saturated rings. The van der Waals surface area contributed by atoms with Crippen LogP contribution in [-0.2, 0) is 6.18 Å². The van der Waals surface area contributed by atoms with Crippen molar-refractivity contribution in [3.05, 3.63) is 130 Å². The quantitative estimate of drug-likeness (QED) is 0.216. The summed E-state index contributed by atoms with van der Waals surface area (Å²) >= 11 is 0. The fourth-order valence-electron chi connectivity index (χ4n) is 5.02. The molecule has 6 rings (SSSR count). The molecule has 0 aliphatic heterocycles. The molecule has 0 radical (unpaired) electrons. The van der Waals surface area contributed by atoms with Gasteiger partial charge in [0.25, 0.3) is 11.5 Å². The summed E-state index contributed by atoms with van der Waals surface area (Å²) in [6.07, 6.45) is -3.45. The first-order chi connectivity index (χ1) is 18.3. The summed E-state index contributed by atoms with van der Waals surface area (Å²) in [5.41, 5.74) is -1.78. The molecular formula is C30H17F3N2O3. The molecule has 2 heterocycles. The van der Waals surface area contributed by atoms with E-state index in [1.165, 1.54) is 53.1 Å². The van der Waals surface area contributed by atoms with E-state index in [4.69, 9.17) is 0 Å². The van der Waals surface area contributed by atoms with Crippen molar-refractivity contribution in [2.75, 3.05) is 5.32 Å². The summed E-state index contributed by atoms with van der Waals surface area (Å²) in [6, 6.07) is 23.0. The van der Waals surface area contributed by atoms with Gasteiger partial charge in [0.05, 0.1) is 22.3 Å². The Labute approximate surface area is 213 Å². The largest absolute Gasteiger partial charge is 0.419 e. The summed E-state index contributed by atoms with van der Waals surface area (Å²) in [7, 11) is 0. The first-order valence-electron chi connectivity index (χ1n) is 11.7. The lowest BCUT2D eigenvalue weighted by Gasteiger charge is -2.22. The van der Waals surface area contributed by atoms with Crippen molar-refractivity contribution in [2.24, 2.45) is 0 Å². The zero-order valence-electron chi connectivity index (χ0n) is 19.5. The van der Waals surface area contributed by atoms with E-state index in [-0.39, 0.29) is 43.8 Å². The van der Waals surface area contributed by atoms with Crippen LogP contribution in [0.2, 0.25) is 0 Å². The molecule has 0 unspecified atom stereocenters. The van der Waals surface area contributed by atoms with Gasteiger partial charge in [0.15, 0.2) is 5.78 Å². The van der Waals surface area contributed by atoms with Gasteiger partial charge in [-0.25, -0.2) is 0 Å². The maximum absolute atomic E-state index is 14.7. The number of halogens is 3. The van der Waals surface area contributed by atoms with Gasteiger partial charge in [-0.2, -0.15) is 13.2 Å². The van der Waals surface area contributed by atoms with Crippen molar-refractivity contribution in [3.63, 3.8) is 0 Å². The number of ketones is 1. The van der Waals surface area contributed by atoms with E-state index in [0.717, 1.165) is 0 Å². The van der Waals surface area contributed by atoms with Gasteiger partial charge in [0.2, 0.25) is 0 Å². The highest BCUT2D eigenvalue weighted by molar-refractivity contribution is 6.27. The van der Waals surface area contributed by atoms with Crippen molar-refractivity contribution in [1.29, 1.82) is 0 Å². The van der Waals surface area contributed by atoms with Crippen LogP contribution in [0.5, 0.6) is 0 Å². The lowest BCUT2D eigenvalue weighted by atomic mass is 9.90. The predicted molar refractivity (Wildman–Crippen MR) is 139 cm³/mol. The van der Waals surface area contributed by atoms with E-state index < -0.39 is 34.7 Å². The summed E-state index contributed by atoms with van der Waals surface area (Å²) < 4.78 is 45.3. The van der Waals surface area contributed by atoms with Gasteiger partial charge in [-0.1, -0.05) is 66.7 Å². The van der Waals surface area contributed by atoms with Gasteiger partial charge < -0.3 is 5.32 Å². The van der Waals surface area contributed by atoms with Gasteiger partial charge in [-0.05, 0) is 29.7 Å². The molecule has 0 saturated heterocycles. The number of amides is 1. The van der Waals surface area contributed by atoms with E-state index >= 15 is 0 Å². The van der Waals surface area contributed by atoms with E-state index in [1.54, 1.807) is 48.5 Å². The van der Waals surface area contributed by atoms with Crippen molar-refractivity contribution < 1.29 is 22.8 Å². The molecule has 186 valence electrons. The highest BCUT2D eigenvalue weighted by Crippen LogP contribution is 2.46. The number of benzene rings is 4. The van der Waals surface area contributed by atoms with Gasteiger partial charge in [0, 0.05) is 33.5 Å². The topological polar surface area (TPSA) is 67.7 Å². The first-order valence-corrected chi connectivity index (χ1v) is 11.7. The average Bonchev–Trinajstić information content (AvgIpc) is 2.92. The average molecular weight is 510 g/mol. The number of carbonyl (C=O) groups excluding carboxylic acids is 2. The number of rotatable bonds is 4. The lowest BCUT2D eigenvalue weighted by molar-refractivity contribution is -0.135. The monoisotopic (exact) mass is 510 g/mol. The van der Waals surface area contributed by atoms with E-state index in [1.807, 2.05) is 0 Å². The molecule has 6 aromatic rings. The van der Waals surface area contributed by atoms with Crippen LogP contribution in [0.1, 0.15) is 31.8 Å². The smallest absolute Gasteiger partial charge is 0.321 e. The van der Waals surface area contributed by atoms with E-state index in [9.17, 15) is 27.6 Å². The van der Waals surface area contributed by atoms with Crippen LogP contribution < -0.4 is 10.9 Å². The molecule has 0 atom stereocenters. The molecule has 2 aromatic heterocycles. The minimum absolute atomic E-state index is 0.0311. The number of nitrogens with one attached hydrogen (secondary N) is 1. The second-order valence-corrected chi connectivity index (χ2v) is 8.81. The van der Waals surface area contributed by atoms with E-state index in [2.05, 4.69) is 5.32 Å². The number of aromatic nitrogens is 1. The van der Waals surface area contributed by atoms with Crippen LogP contribution in [0.25, 0.3) is 27.1 Å². The number of nitrogens with zero attached hydrogens (tertiary/aromatic N) is 1. The van der Waals surface area contributed by atoms with Crippen molar-refractivity contribution >= 4 is 44.4 Å². The number of hydrogen-bond acceptors (Lipinski definition) is 3. The Morgan fingerprint density at radius 2 is 1.32 bits per heavy atom. The molecule has 0 aliphatic carbocycles. The summed E-state index contributed by atoms with van der Waals surface area (Å²) in [4.78, 5) is 40.2. The second kappa shape index (κ2) is 8.55. The molecule has 38 heavy (non-hydrogen) atoms. The molecule has 0 bridgehead atoms. The molecule has 1 amide bonds. The normalized spacial score (nSPS) is 11.9.